The predicted molar refractivity (Wildman–Crippen MR) is 502 cm³/mol. The van der Waals surface area contributed by atoms with Crippen molar-refractivity contribution < 1.29 is 19.0 Å². The van der Waals surface area contributed by atoms with Gasteiger partial charge in [-0.05, 0) is 217 Å². The molecule has 0 bridgehead atoms. The first-order chi connectivity index (χ1) is 61.6. The van der Waals surface area contributed by atoms with Crippen molar-refractivity contribution in [3.63, 3.8) is 0 Å². The summed E-state index contributed by atoms with van der Waals surface area (Å²) in [6, 6.07) is 62.3. The van der Waals surface area contributed by atoms with Gasteiger partial charge in [0.1, 0.15) is 0 Å². The number of halogens is 1. The summed E-state index contributed by atoms with van der Waals surface area (Å²) >= 11 is 0. The number of hydrogen-bond acceptors (Lipinski definition) is 23. The maximum atomic E-state index is 13.9. The largest absolute Gasteiger partial charge is 0.505 e. The number of imidazole rings is 4. The fourth-order valence-electron chi connectivity index (χ4n) is 16.8. The van der Waals surface area contributed by atoms with Gasteiger partial charge in [0.05, 0.1) is 88.7 Å². The van der Waals surface area contributed by atoms with Gasteiger partial charge >= 0.3 is 0 Å². The molecule has 126 heavy (non-hydrogen) atoms. The molecule has 4 saturated heterocycles. The highest BCUT2D eigenvalue weighted by Gasteiger charge is 2.24. The van der Waals surface area contributed by atoms with Gasteiger partial charge in [0.25, 0.3) is 0 Å². The average Bonchev–Trinajstić information content (AvgIpc) is 1.85. The molecule has 640 valence electrons. The fourth-order valence-corrected chi connectivity index (χ4v) is 16.8. The number of ether oxygens (including phenoxy) is 2. The van der Waals surface area contributed by atoms with E-state index in [1.54, 1.807) is 43.2 Å². The third kappa shape index (κ3) is 18.3. The van der Waals surface area contributed by atoms with Crippen LogP contribution in [0, 0.1) is 19.7 Å². The number of morpholine rings is 2. The van der Waals surface area contributed by atoms with Gasteiger partial charge in [-0.1, -0.05) is 6.07 Å². The smallest absolute Gasteiger partial charge is 0.219 e. The van der Waals surface area contributed by atoms with Crippen molar-refractivity contribution in [2.75, 3.05) is 152 Å². The van der Waals surface area contributed by atoms with Crippen LogP contribution in [0.5, 0.6) is 5.75 Å². The van der Waals surface area contributed by atoms with Gasteiger partial charge in [-0.2, -0.15) is 5.10 Å². The molecule has 0 saturated carbocycles. The summed E-state index contributed by atoms with van der Waals surface area (Å²) in [5, 5.41) is 30.9. The first kappa shape index (κ1) is 82.4. The molecule has 0 amide bonds. The van der Waals surface area contributed by atoms with Gasteiger partial charge in [-0.25, -0.2) is 34.3 Å². The minimum atomic E-state index is -0.645. The van der Waals surface area contributed by atoms with Crippen molar-refractivity contribution in [2.24, 2.45) is 0 Å². The second-order valence-electron chi connectivity index (χ2n) is 32.2. The first-order valence-corrected chi connectivity index (χ1v) is 42.9. The number of aryl methyl sites for hydroxylation is 2. The van der Waals surface area contributed by atoms with Crippen molar-refractivity contribution in [1.29, 1.82) is 0 Å². The maximum absolute atomic E-state index is 13.9. The number of nitrogens with one attached hydrogen (secondary N) is 5. The van der Waals surface area contributed by atoms with Crippen molar-refractivity contribution in [1.82, 2.24) is 77.5 Å². The summed E-state index contributed by atoms with van der Waals surface area (Å²) in [7, 11) is 0. The van der Waals surface area contributed by atoms with E-state index < -0.39 is 5.82 Å². The third-order valence-electron chi connectivity index (χ3n) is 23.7. The number of aromatic amines is 1. The SMILES string of the molecule is CC(C)N1CCN(c2ccc(Nc3ccc(-c4ccc(O)c(F)c4)n4ccnc34)cc2)CC1.CC(C)N1CCN(c2ccc(Nc3ccc(-c4ccc5nccnc5c4)n4ccnc34)cc2)CC1.Cc1n[nH]c(C)c1-c1ccc(Nc2ccc(N3CCOCC3)cc2)c2nccn12.Nc1ncc(-c2ccc(Nc3ccc(N4CCOCC4)cc3)c3nccn23)cn1. The highest BCUT2D eigenvalue weighted by Crippen LogP contribution is 2.37. The Kier molecular flexibility index (Phi) is 24.4. The van der Waals surface area contributed by atoms with Crippen LogP contribution in [0.1, 0.15) is 39.1 Å². The predicted octanol–water partition coefficient (Wildman–Crippen LogP) is 17.2. The molecule has 0 spiro atoms. The molecule has 0 aliphatic carbocycles. The number of benzene rings is 6. The van der Waals surface area contributed by atoms with Crippen molar-refractivity contribution in [2.45, 2.75) is 53.6 Å². The van der Waals surface area contributed by atoms with Gasteiger partial charge in [0, 0.05) is 238 Å². The van der Waals surface area contributed by atoms with Gasteiger partial charge in [-0.3, -0.25) is 42.5 Å². The lowest BCUT2D eigenvalue weighted by atomic mass is 10.1. The Labute approximate surface area is 729 Å². The first-order valence-electron chi connectivity index (χ1n) is 42.9. The number of nitrogens with two attached hydrogens (primary N) is 1. The molecule has 0 unspecified atom stereocenters. The minimum Gasteiger partial charge on any atom is -0.505 e. The number of pyridine rings is 4. The monoisotopic (exact) mass is 1680 g/mol. The quantitative estimate of drug-likeness (QED) is 0.0420. The van der Waals surface area contributed by atoms with E-state index >= 15 is 0 Å². The second kappa shape index (κ2) is 37.3. The number of rotatable bonds is 18. The molecule has 28 nitrogen and oxygen atoms in total. The van der Waals surface area contributed by atoms with Crippen LogP contribution >= 0.6 is 0 Å². The molecule has 4 aliphatic heterocycles. The number of hydrogen-bond donors (Lipinski definition) is 7. The van der Waals surface area contributed by atoms with Crippen LogP contribution in [-0.4, -0.2) is 200 Å². The number of phenolic OH excluding ortho intramolecular Hbond substituents is 1. The van der Waals surface area contributed by atoms with E-state index in [9.17, 15) is 9.50 Å². The zero-order valence-corrected chi connectivity index (χ0v) is 71.4. The molecule has 4 aliphatic rings. The summed E-state index contributed by atoms with van der Waals surface area (Å²) in [4.78, 5) is 49.9. The van der Waals surface area contributed by atoms with Crippen molar-refractivity contribution in [3.05, 3.63) is 274 Å². The number of aromatic nitrogens is 14. The summed E-state index contributed by atoms with van der Waals surface area (Å²) in [6.07, 6.45) is 21.8. The van der Waals surface area contributed by atoms with E-state index in [4.69, 9.17) is 15.2 Å². The van der Waals surface area contributed by atoms with Crippen LogP contribution in [0.3, 0.4) is 0 Å². The highest BCUT2D eigenvalue weighted by atomic mass is 19.1. The summed E-state index contributed by atoms with van der Waals surface area (Å²) < 4.78 is 32.9. The van der Waals surface area contributed by atoms with Gasteiger partial charge in [-0.15, -0.1) is 0 Å². The standard InChI is InChI=1S/C28H29N7.C26H28FN5O.C22H24N6O.C21H21N7O/c1-20(2)33-15-17-34(18-16-33)23-6-4-22(5-7-23)32-25-9-10-27(35-14-13-31-28(25)35)21-3-8-24-26(19-21)30-12-11-29-24;1-18(2)30-13-15-31(16-14-30)21-6-4-20(5-7-21)29-23-8-9-24(32-12-11-28-26(23)32)19-3-10-25(33)22(27)17-19;1-15-21(16(2)26-25-15)20-8-7-19(22-23-9-10-28(20)22)24-17-3-5-18(6-4-17)27-11-13-29-14-12-27;22-21-24-13-15(14-25-21)19-6-5-18(20-23-7-8-28(19)20)26-16-1-3-17(4-2-16)27-9-11-29-12-10-27/h3-14,19-20,32H,15-18H2,1-2H3;3-12,17-18,29,33H,13-16H2,1-2H3;3-10,24H,11-14H2,1-2H3,(H,25,26);1-8,13-14,26H,9-12H2,(H2,22,24,25). The van der Waals surface area contributed by atoms with Gasteiger partial charge in [0.15, 0.2) is 34.2 Å². The zero-order chi connectivity index (χ0) is 86.2. The number of nitrogens with zero attached hydrogens (tertiary/aromatic N) is 19. The molecule has 11 aromatic heterocycles. The Morgan fingerprint density at radius 3 is 1.10 bits per heavy atom. The molecule has 17 aromatic rings. The normalized spacial score (nSPS) is 14.6. The van der Waals surface area contributed by atoms with Crippen molar-refractivity contribution >= 4 is 108 Å². The Morgan fingerprint density at radius 2 is 0.722 bits per heavy atom. The van der Waals surface area contributed by atoms with Crippen molar-refractivity contribution in [3.8, 4) is 50.8 Å². The zero-order valence-electron chi connectivity index (χ0n) is 71.4. The average molecular weight is 1690 g/mol. The number of piperazine rings is 2. The molecule has 8 N–H and O–H groups in total. The van der Waals surface area contributed by atoms with E-state index in [1.807, 2.05) is 90.2 Å². The van der Waals surface area contributed by atoms with Crippen LogP contribution in [0.2, 0.25) is 0 Å². The molecule has 29 heteroatoms. The molecular formula is C97H102FN25O3. The lowest BCUT2D eigenvalue weighted by Gasteiger charge is -2.38. The second-order valence-corrected chi connectivity index (χ2v) is 32.2. The summed E-state index contributed by atoms with van der Waals surface area (Å²) in [5.74, 6) is -0.743. The van der Waals surface area contributed by atoms with E-state index in [2.05, 4.69) is 271 Å². The lowest BCUT2D eigenvalue weighted by Crippen LogP contribution is -2.48. The Morgan fingerprint density at radius 1 is 0.373 bits per heavy atom. The number of nitrogen functional groups attached to an aromatic ring is 1. The Balaban J connectivity index is 0.000000114. The van der Waals surface area contributed by atoms with E-state index in [-0.39, 0.29) is 11.7 Å². The Hall–Kier alpha value is -14.5. The van der Waals surface area contributed by atoms with E-state index in [0.29, 0.717) is 17.6 Å². The number of fused-ring (bicyclic) bond motifs is 5. The number of aromatic hydroxyl groups is 1. The molecule has 15 heterocycles. The molecule has 21 rings (SSSR count). The maximum Gasteiger partial charge on any atom is 0.219 e. The van der Waals surface area contributed by atoms with Crippen LogP contribution in [0.25, 0.3) is 78.7 Å². The van der Waals surface area contributed by atoms with E-state index in [1.165, 1.54) is 34.9 Å². The topological polar surface area (TPSA) is 282 Å². The number of phenols is 1. The fraction of sp³-hybridized carbons (Fsp3) is 0.247. The van der Waals surface area contributed by atoms with Crippen LogP contribution < -0.4 is 46.6 Å². The number of H-pyrrole nitrogens is 1. The third-order valence-corrected chi connectivity index (χ3v) is 23.7. The van der Waals surface area contributed by atoms with Crippen LogP contribution in [0.4, 0.5) is 78.6 Å². The molecular weight excluding hydrogens is 1580 g/mol. The Bertz CT molecular complexity index is 6540. The van der Waals surface area contributed by atoms with Crippen LogP contribution in [-0.2, 0) is 9.47 Å². The molecule has 0 radical (unpaired) electrons. The van der Waals surface area contributed by atoms with Gasteiger partial charge in [0.2, 0.25) is 5.95 Å². The van der Waals surface area contributed by atoms with E-state index in [0.717, 1.165) is 235 Å². The number of anilines is 13. The van der Waals surface area contributed by atoms with Gasteiger partial charge < -0.3 is 61.2 Å². The molecule has 6 aromatic carbocycles. The lowest BCUT2D eigenvalue weighted by molar-refractivity contribution is 0.122. The highest BCUT2D eigenvalue weighted by molar-refractivity contribution is 5.86. The summed E-state index contributed by atoms with van der Waals surface area (Å²) in [5.41, 5.74) is 33.1. The summed E-state index contributed by atoms with van der Waals surface area (Å²) in [6.45, 7) is 28.6. The minimum absolute atomic E-state index is 0.259. The van der Waals surface area contributed by atoms with Crippen LogP contribution in [0.15, 0.2) is 256 Å². The molecule has 4 fully saturated rings. The molecule has 0 atom stereocenters.